The molecule has 0 aliphatic carbocycles. The highest BCUT2D eigenvalue weighted by molar-refractivity contribution is 9.10. The van der Waals surface area contributed by atoms with Gasteiger partial charge in [0.05, 0.1) is 5.56 Å². The van der Waals surface area contributed by atoms with Gasteiger partial charge in [-0.25, -0.2) is 4.39 Å². The zero-order valence-electron chi connectivity index (χ0n) is 12.2. The molecule has 0 radical (unpaired) electrons. The first-order valence-corrected chi connectivity index (χ1v) is 7.62. The summed E-state index contributed by atoms with van der Waals surface area (Å²) in [5.74, 6) is -0.923. The van der Waals surface area contributed by atoms with Crippen LogP contribution in [0.25, 0.3) is 6.08 Å². The average molecular weight is 402 g/mol. The molecule has 126 valence electrons. The van der Waals surface area contributed by atoms with Gasteiger partial charge in [0.25, 0.3) is 0 Å². The van der Waals surface area contributed by atoms with Gasteiger partial charge in [-0.1, -0.05) is 34.1 Å². The van der Waals surface area contributed by atoms with Crippen LogP contribution in [0.1, 0.15) is 16.7 Å². The zero-order chi connectivity index (χ0) is 17.7. The number of rotatable bonds is 4. The lowest BCUT2D eigenvalue weighted by Gasteiger charge is -2.06. The van der Waals surface area contributed by atoms with Crippen LogP contribution in [0.5, 0.6) is 0 Å². The second-order valence-corrected chi connectivity index (χ2v) is 5.82. The Morgan fingerprint density at radius 1 is 1.12 bits per heavy atom. The van der Waals surface area contributed by atoms with Crippen molar-refractivity contribution in [2.45, 2.75) is 12.7 Å². The first-order chi connectivity index (χ1) is 11.3. The third kappa shape index (κ3) is 5.19. The monoisotopic (exact) mass is 401 g/mol. The van der Waals surface area contributed by atoms with Crippen molar-refractivity contribution in [3.63, 3.8) is 0 Å². The Morgan fingerprint density at radius 3 is 2.38 bits per heavy atom. The lowest BCUT2D eigenvalue weighted by atomic mass is 10.1. The summed E-state index contributed by atoms with van der Waals surface area (Å²) >= 11 is 3.14. The topological polar surface area (TPSA) is 29.1 Å². The molecule has 0 aliphatic rings. The minimum atomic E-state index is -4.39. The third-order valence-electron chi connectivity index (χ3n) is 3.13. The summed E-state index contributed by atoms with van der Waals surface area (Å²) in [5, 5.41) is 2.50. The molecule has 1 N–H and O–H groups in total. The number of alkyl halides is 3. The number of halogens is 5. The first kappa shape index (κ1) is 18.2. The second-order valence-electron chi connectivity index (χ2n) is 4.91. The molecular weight excluding hydrogens is 390 g/mol. The molecule has 0 saturated carbocycles. The Kier molecular flexibility index (Phi) is 5.77. The van der Waals surface area contributed by atoms with E-state index >= 15 is 0 Å². The molecule has 0 fully saturated rings. The number of hydrogen-bond acceptors (Lipinski definition) is 1. The Labute approximate surface area is 144 Å². The third-order valence-corrected chi connectivity index (χ3v) is 3.63. The van der Waals surface area contributed by atoms with E-state index in [1.54, 1.807) is 12.1 Å². The highest BCUT2D eigenvalue weighted by atomic mass is 79.9. The van der Waals surface area contributed by atoms with Crippen LogP contribution >= 0.6 is 15.9 Å². The molecule has 2 aromatic rings. The molecule has 1 amide bonds. The molecule has 24 heavy (non-hydrogen) atoms. The normalized spacial score (nSPS) is 11.7. The summed E-state index contributed by atoms with van der Waals surface area (Å²) in [6.07, 6.45) is -1.83. The number of hydrogen-bond donors (Lipinski definition) is 1. The molecular formula is C17H12BrF4NO. The minimum absolute atomic E-state index is 0.00922. The Balaban J connectivity index is 1.93. The maximum atomic E-state index is 13.6. The molecule has 0 heterocycles. The quantitative estimate of drug-likeness (QED) is 0.570. The van der Waals surface area contributed by atoms with E-state index in [2.05, 4.69) is 21.2 Å². The summed E-state index contributed by atoms with van der Waals surface area (Å²) in [6.45, 7) is 0.00922. The smallest absolute Gasteiger partial charge is 0.348 e. The Morgan fingerprint density at radius 2 is 1.79 bits per heavy atom. The van der Waals surface area contributed by atoms with Crippen molar-refractivity contribution in [3.8, 4) is 0 Å². The standard InChI is InChI=1S/C17H12BrF4NO/c18-14-7-4-12(15(19)9-14)10-23-16(24)8-3-11-1-5-13(6-2-11)17(20,21)22/h1-9H,10H2,(H,23,24). The maximum absolute atomic E-state index is 13.6. The first-order valence-electron chi connectivity index (χ1n) is 6.83. The van der Waals surface area contributed by atoms with Gasteiger partial charge in [0.2, 0.25) is 5.91 Å². The van der Waals surface area contributed by atoms with E-state index in [0.717, 1.165) is 12.1 Å². The van der Waals surface area contributed by atoms with Gasteiger partial charge in [0.15, 0.2) is 0 Å². The van der Waals surface area contributed by atoms with E-state index in [9.17, 15) is 22.4 Å². The molecule has 0 saturated heterocycles. The van der Waals surface area contributed by atoms with E-state index in [4.69, 9.17) is 0 Å². The number of amides is 1. The molecule has 0 atom stereocenters. The molecule has 2 rings (SSSR count). The molecule has 0 spiro atoms. The molecule has 7 heteroatoms. The Hall–Kier alpha value is -2.15. The predicted molar refractivity (Wildman–Crippen MR) is 86.4 cm³/mol. The van der Waals surface area contributed by atoms with Crippen molar-refractivity contribution in [3.05, 3.63) is 75.5 Å². The minimum Gasteiger partial charge on any atom is -0.348 e. The summed E-state index contributed by atoms with van der Waals surface area (Å²) < 4.78 is 51.5. The van der Waals surface area contributed by atoms with Gasteiger partial charge in [0, 0.05) is 22.7 Å². The molecule has 0 unspecified atom stereocenters. The molecule has 0 aliphatic heterocycles. The second kappa shape index (κ2) is 7.61. The van der Waals surface area contributed by atoms with Gasteiger partial charge in [-0.3, -0.25) is 4.79 Å². The number of nitrogens with one attached hydrogen (secondary N) is 1. The van der Waals surface area contributed by atoms with E-state index < -0.39 is 23.5 Å². The fourth-order valence-electron chi connectivity index (χ4n) is 1.86. The summed E-state index contributed by atoms with van der Waals surface area (Å²) in [5.41, 5.74) is 0.0252. The zero-order valence-corrected chi connectivity index (χ0v) is 13.8. The van der Waals surface area contributed by atoms with Crippen LogP contribution in [0.3, 0.4) is 0 Å². The average Bonchev–Trinajstić information content (AvgIpc) is 2.51. The van der Waals surface area contributed by atoms with E-state index in [1.807, 2.05) is 0 Å². The van der Waals surface area contributed by atoms with E-state index in [0.29, 0.717) is 15.6 Å². The maximum Gasteiger partial charge on any atom is 0.416 e. The fraction of sp³-hybridized carbons (Fsp3) is 0.118. The Bertz CT molecular complexity index is 754. The van der Waals surface area contributed by atoms with Crippen LogP contribution < -0.4 is 5.32 Å². The van der Waals surface area contributed by atoms with Crippen molar-refractivity contribution in [2.75, 3.05) is 0 Å². The molecule has 0 bridgehead atoms. The van der Waals surface area contributed by atoms with Crippen LogP contribution in [0.4, 0.5) is 17.6 Å². The summed E-state index contributed by atoms with van der Waals surface area (Å²) in [4.78, 5) is 11.7. The lowest BCUT2D eigenvalue weighted by molar-refractivity contribution is -0.137. The van der Waals surface area contributed by atoms with Crippen molar-refractivity contribution in [1.29, 1.82) is 0 Å². The SMILES string of the molecule is O=C(C=Cc1ccc(C(F)(F)F)cc1)NCc1ccc(Br)cc1F. The highest BCUT2D eigenvalue weighted by Crippen LogP contribution is 2.29. The van der Waals surface area contributed by atoms with E-state index in [-0.39, 0.29) is 6.54 Å². The van der Waals surface area contributed by atoms with Crippen molar-refractivity contribution in [2.24, 2.45) is 0 Å². The van der Waals surface area contributed by atoms with Gasteiger partial charge >= 0.3 is 6.18 Å². The van der Waals surface area contributed by atoms with Gasteiger partial charge in [-0.2, -0.15) is 13.2 Å². The predicted octanol–water partition coefficient (Wildman–Crippen LogP) is 4.94. The van der Waals surface area contributed by atoms with Crippen LogP contribution in [-0.2, 0) is 17.5 Å². The molecule has 2 aromatic carbocycles. The van der Waals surface area contributed by atoms with Crippen molar-refractivity contribution < 1.29 is 22.4 Å². The summed E-state index contributed by atoms with van der Waals surface area (Å²) in [7, 11) is 0. The van der Waals surface area contributed by atoms with Crippen LogP contribution in [0.15, 0.2) is 53.0 Å². The van der Waals surface area contributed by atoms with Crippen molar-refractivity contribution >= 4 is 27.9 Å². The highest BCUT2D eigenvalue weighted by Gasteiger charge is 2.29. The molecule has 0 aromatic heterocycles. The van der Waals surface area contributed by atoms with Crippen molar-refractivity contribution in [1.82, 2.24) is 5.32 Å². The largest absolute Gasteiger partial charge is 0.416 e. The van der Waals surface area contributed by atoms with E-state index in [1.165, 1.54) is 30.4 Å². The van der Waals surface area contributed by atoms with Gasteiger partial charge in [-0.15, -0.1) is 0 Å². The van der Waals surface area contributed by atoms with Crippen LogP contribution in [-0.4, -0.2) is 5.91 Å². The van der Waals surface area contributed by atoms with Gasteiger partial charge in [0.1, 0.15) is 5.82 Å². The number of carbonyl (C=O) groups is 1. The fourth-order valence-corrected chi connectivity index (χ4v) is 2.19. The lowest BCUT2D eigenvalue weighted by Crippen LogP contribution is -2.20. The van der Waals surface area contributed by atoms with Crippen LogP contribution in [0, 0.1) is 5.82 Å². The molecule has 2 nitrogen and oxygen atoms in total. The van der Waals surface area contributed by atoms with Gasteiger partial charge < -0.3 is 5.32 Å². The van der Waals surface area contributed by atoms with Crippen LogP contribution in [0.2, 0.25) is 0 Å². The number of benzene rings is 2. The van der Waals surface area contributed by atoms with Gasteiger partial charge in [-0.05, 0) is 35.9 Å². The number of carbonyl (C=O) groups excluding carboxylic acids is 1. The summed E-state index contributed by atoms with van der Waals surface area (Å²) in [6, 6.07) is 8.90.